The van der Waals surface area contributed by atoms with Crippen molar-refractivity contribution in [3.05, 3.63) is 77.9 Å². The number of carbonyl (C=O) groups is 5. The van der Waals surface area contributed by atoms with Crippen molar-refractivity contribution in [2.45, 2.75) is 75.0 Å². The summed E-state index contributed by atoms with van der Waals surface area (Å²) in [6.07, 6.45) is -1.03. The number of carbonyl (C=O) groups excluding carboxylic acids is 4. The Bertz CT molecular complexity index is 1870. The van der Waals surface area contributed by atoms with Gasteiger partial charge in [-0.25, -0.2) is 14.4 Å². The minimum absolute atomic E-state index is 0.0186. The second-order valence-electron chi connectivity index (χ2n) is 15.1. The molecular formula is C40H49Cl3N4O9. The molecule has 1 aliphatic heterocycles. The second kappa shape index (κ2) is 19.1. The molecule has 3 atom stereocenters. The van der Waals surface area contributed by atoms with E-state index in [0.717, 1.165) is 10.9 Å². The van der Waals surface area contributed by atoms with Crippen LogP contribution in [0.25, 0.3) is 10.8 Å². The smallest absolute Gasteiger partial charge is 0.410 e. The Morgan fingerprint density at radius 2 is 1.61 bits per heavy atom. The molecule has 1 heterocycles. The number of piperazine rings is 1. The number of rotatable bonds is 13. The van der Waals surface area contributed by atoms with Gasteiger partial charge in [0.05, 0.1) is 12.6 Å². The lowest BCUT2D eigenvalue weighted by Crippen LogP contribution is -2.65. The molecule has 0 bridgehead atoms. The fraction of sp³-hybridized carbons (Fsp3) is 0.475. The summed E-state index contributed by atoms with van der Waals surface area (Å²) in [5.74, 6) is -2.23. The van der Waals surface area contributed by atoms with Crippen LogP contribution in [-0.2, 0) is 25.5 Å². The molecule has 0 saturated carbocycles. The summed E-state index contributed by atoms with van der Waals surface area (Å²) in [5, 5.41) is 14.4. The number of ether oxygens (including phenoxy) is 3. The van der Waals surface area contributed by atoms with E-state index >= 15 is 0 Å². The molecule has 3 aromatic rings. The van der Waals surface area contributed by atoms with Gasteiger partial charge in [-0.2, -0.15) is 0 Å². The fourth-order valence-electron chi connectivity index (χ4n) is 6.33. The predicted molar refractivity (Wildman–Crippen MR) is 214 cm³/mol. The SMILES string of the molecule is CC(C)C[C@@H](C(=O)N1CCN(C(=O)OCC(Cl)(Cl)Cl)C[C@@H]1C(=O)N[C@@H](COc1ccc2ccccc2c1C(=O)O)Cc1ccccc1)N(C)C(=O)OC(C)(C)C. The third-order valence-corrected chi connectivity index (χ3v) is 9.26. The number of benzene rings is 3. The summed E-state index contributed by atoms with van der Waals surface area (Å²) in [7, 11) is 1.48. The zero-order valence-corrected chi connectivity index (χ0v) is 34.6. The number of carboxylic acids is 1. The number of aromatic carboxylic acids is 1. The van der Waals surface area contributed by atoms with Gasteiger partial charge in [-0.05, 0) is 61.9 Å². The van der Waals surface area contributed by atoms with Crippen LogP contribution in [0.5, 0.6) is 5.75 Å². The van der Waals surface area contributed by atoms with Crippen LogP contribution < -0.4 is 10.1 Å². The van der Waals surface area contributed by atoms with Crippen LogP contribution in [0.15, 0.2) is 66.7 Å². The molecule has 4 rings (SSSR count). The van der Waals surface area contributed by atoms with E-state index < -0.39 is 64.1 Å². The molecule has 0 spiro atoms. The van der Waals surface area contributed by atoms with Gasteiger partial charge in [0.15, 0.2) is 0 Å². The molecule has 13 nitrogen and oxygen atoms in total. The molecule has 0 aromatic heterocycles. The van der Waals surface area contributed by atoms with Gasteiger partial charge in [0.25, 0.3) is 0 Å². The summed E-state index contributed by atoms with van der Waals surface area (Å²) < 4.78 is 15.1. The molecule has 2 N–H and O–H groups in total. The first kappa shape index (κ1) is 44.3. The van der Waals surface area contributed by atoms with Crippen molar-refractivity contribution < 1.29 is 43.3 Å². The number of amides is 4. The molecule has 1 saturated heterocycles. The highest BCUT2D eigenvalue weighted by Crippen LogP contribution is 2.29. The minimum atomic E-state index is -1.88. The van der Waals surface area contributed by atoms with Crippen LogP contribution in [-0.4, -0.2) is 117 Å². The van der Waals surface area contributed by atoms with E-state index in [-0.39, 0.29) is 56.3 Å². The molecule has 0 aliphatic carbocycles. The van der Waals surface area contributed by atoms with E-state index in [4.69, 9.17) is 49.0 Å². The Labute approximate surface area is 342 Å². The average Bonchev–Trinajstić information content (AvgIpc) is 3.13. The highest BCUT2D eigenvalue weighted by atomic mass is 35.6. The number of nitrogens with zero attached hydrogens (tertiary/aromatic N) is 3. The first-order valence-electron chi connectivity index (χ1n) is 18.2. The average molecular weight is 836 g/mol. The van der Waals surface area contributed by atoms with Crippen molar-refractivity contribution in [1.82, 2.24) is 20.0 Å². The summed E-state index contributed by atoms with van der Waals surface area (Å²) in [6.45, 7) is 7.89. The zero-order valence-electron chi connectivity index (χ0n) is 32.3. The minimum Gasteiger partial charge on any atom is -0.491 e. The lowest BCUT2D eigenvalue weighted by atomic mass is 9.99. The normalized spacial score (nSPS) is 15.9. The highest BCUT2D eigenvalue weighted by Gasteiger charge is 2.43. The van der Waals surface area contributed by atoms with Gasteiger partial charge in [0.1, 0.15) is 42.2 Å². The number of hydrogen-bond acceptors (Lipinski definition) is 8. The van der Waals surface area contributed by atoms with Crippen molar-refractivity contribution >= 4 is 75.5 Å². The lowest BCUT2D eigenvalue weighted by Gasteiger charge is -2.43. The summed E-state index contributed by atoms with van der Waals surface area (Å²) in [4.78, 5) is 71.7. The van der Waals surface area contributed by atoms with Crippen LogP contribution in [0.3, 0.4) is 0 Å². The van der Waals surface area contributed by atoms with Gasteiger partial charge in [0.2, 0.25) is 15.6 Å². The number of nitrogens with one attached hydrogen (secondary N) is 1. The number of halogens is 3. The van der Waals surface area contributed by atoms with E-state index in [1.807, 2.05) is 50.2 Å². The van der Waals surface area contributed by atoms with Gasteiger partial charge in [-0.15, -0.1) is 0 Å². The van der Waals surface area contributed by atoms with Crippen molar-refractivity contribution in [3.8, 4) is 5.75 Å². The Kier molecular flexibility index (Phi) is 15.1. The first-order chi connectivity index (χ1) is 26.2. The molecule has 56 heavy (non-hydrogen) atoms. The number of carboxylic acid groups (broad SMARTS) is 1. The molecule has 3 aromatic carbocycles. The third-order valence-electron chi connectivity index (χ3n) is 8.93. The van der Waals surface area contributed by atoms with Crippen LogP contribution in [0.1, 0.15) is 57.0 Å². The molecule has 1 aliphatic rings. The molecule has 16 heteroatoms. The van der Waals surface area contributed by atoms with E-state index in [2.05, 4.69) is 5.32 Å². The highest BCUT2D eigenvalue weighted by molar-refractivity contribution is 6.67. The Hall–Kier alpha value is -4.46. The van der Waals surface area contributed by atoms with Gasteiger partial charge in [0, 0.05) is 20.1 Å². The van der Waals surface area contributed by atoms with Crippen LogP contribution in [0.2, 0.25) is 0 Å². The first-order valence-corrected chi connectivity index (χ1v) is 19.3. The van der Waals surface area contributed by atoms with Crippen molar-refractivity contribution in [1.29, 1.82) is 0 Å². The summed E-state index contributed by atoms with van der Waals surface area (Å²) >= 11 is 17.4. The van der Waals surface area contributed by atoms with Gasteiger partial charge in [-0.3, -0.25) is 14.5 Å². The van der Waals surface area contributed by atoms with Crippen molar-refractivity contribution in [2.75, 3.05) is 39.9 Å². The zero-order chi connectivity index (χ0) is 41.4. The predicted octanol–water partition coefficient (Wildman–Crippen LogP) is 6.95. The monoisotopic (exact) mass is 834 g/mol. The van der Waals surface area contributed by atoms with E-state index in [1.165, 1.54) is 21.7 Å². The van der Waals surface area contributed by atoms with Crippen LogP contribution in [0.4, 0.5) is 9.59 Å². The Morgan fingerprint density at radius 1 is 0.946 bits per heavy atom. The molecule has 4 amide bonds. The quantitative estimate of drug-likeness (QED) is 0.174. The van der Waals surface area contributed by atoms with E-state index in [1.54, 1.807) is 51.1 Å². The Balaban J connectivity index is 1.67. The van der Waals surface area contributed by atoms with E-state index in [9.17, 15) is 29.1 Å². The largest absolute Gasteiger partial charge is 0.491 e. The molecule has 304 valence electrons. The maximum atomic E-state index is 14.5. The maximum absolute atomic E-state index is 14.5. The number of likely N-dealkylation sites (N-methyl/N-ethyl adjacent to an activating group) is 1. The molecule has 0 unspecified atom stereocenters. The Morgan fingerprint density at radius 3 is 2.23 bits per heavy atom. The fourth-order valence-corrected chi connectivity index (χ4v) is 6.49. The van der Waals surface area contributed by atoms with Crippen LogP contribution >= 0.6 is 34.8 Å². The lowest BCUT2D eigenvalue weighted by molar-refractivity contribution is -0.148. The second-order valence-corrected chi connectivity index (χ2v) is 17.6. The van der Waals surface area contributed by atoms with Crippen molar-refractivity contribution in [3.63, 3.8) is 0 Å². The maximum Gasteiger partial charge on any atom is 0.410 e. The van der Waals surface area contributed by atoms with Gasteiger partial charge >= 0.3 is 18.2 Å². The third kappa shape index (κ3) is 12.5. The summed E-state index contributed by atoms with van der Waals surface area (Å²) in [5.41, 5.74) is 0.000261. The standard InChI is InChI=1S/C40H49Cl3N4O9/c1-25(2)20-30(45(6)37(52)56-39(3,4)5)35(49)47-19-18-46(38(53)55-24-40(41,42)43)22-31(47)34(48)44-28(21-26-12-8-7-9-13-26)23-54-32-17-16-27-14-10-11-15-29(27)33(32)36(50)51/h7-17,25,28,30-31H,18-24H2,1-6H3,(H,44,48)(H,50,51)/t28-,30+,31-/m1/s1. The molecule has 0 radical (unpaired) electrons. The van der Waals surface area contributed by atoms with Gasteiger partial charge in [-0.1, -0.05) is 109 Å². The number of alkyl halides is 3. The van der Waals surface area contributed by atoms with Gasteiger partial charge < -0.3 is 34.4 Å². The van der Waals surface area contributed by atoms with Crippen molar-refractivity contribution in [2.24, 2.45) is 5.92 Å². The molecular weight excluding hydrogens is 787 g/mol. The number of hydrogen-bond donors (Lipinski definition) is 2. The summed E-state index contributed by atoms with van der Waals surface area (Å²) in [6, 6.07) is 16.7. The topological polar surface area (TPSA) is 155 Å². The van der Waals surface area contributed by atoms with Crippen LogP contribution in [0, 0.1) is 5.92 Å². The molecule has 1 fully saturated rings. The van der Waals surface area contributed by atoms with E-state index in [0.29, 0.717) is 5.39 Å². The number of fused-ring (bicyclic) bond motifs is 1.